The number of pyridine rings is 1. The van der Waals surface area contributed by atoms with Gasteiger partial charge in [0.25, 0.3) is 0 Å². The van der Waals surface area contributed by atoms with E-state index in [-0.39, 0.29) is 0 Å². The first kappa shape index (κ1) is 6.84. The zero-order valence-electron chi connectivity index (χ0n) is 6.66. The summed E-state index contributed by atoms with van der Waals surface area (Å²) >= 11 is 0. The van der Waals surface area contributed by atoms with Crippen molar-refractivity contribution in [3.63, 3.8) is 0 Å². The predicted molar refractivity (Wildman–Crippen MR) is 45.4 cm³/mol. The fourth-order valence-corrected chi connectivity index (χ4v) is 1.88. The summed E-state index contributed by atoms with van der Waals surface area (Å²) in [4.78, 5) is 4.13. The maximum atomic E-state index is 4.13. The van der Waals surface area contributed by atoms with E-state index in [4.69, 9.17) is 0 Å². The summed E-state index contributed by atoms with van der Waals surface area (Å²) in [5.74, 6) is 0.809. The molecule has 0 saturated heterocycles. The van der Waals surface area contributed by atoms with E-state index in [2.05, 4.69) is 11.1 Å². The van der Waals surface area contributed by atoms with Crippen molar-refractivity contribution in [1.29, 1.82) is 0 Å². The van der Waals surface area contributed by atoms with E-state index >= 15 is 0 Å². The van der Waals surface area contributed by atoms with E-state index < -0.39 is 0 Å². The molecule has 0 bridgehead atoms. The molecule has 1 nitrogen and oxygen atoms in total. The van der Waals surface area contributed by atoms with Crippen LogP contribution >= 0.6 is 0 Å². The summed E-state index contributed by atoms with van der Waals surface area (Å²) in [5, 5.41) is 0. The van der Waals surface area contributed by atoms with Crippen molar-refractivity contribution >= 4 is 0 Å². The molecular formula is C10H13N. The van der Waals surface area contributed by atoms with Gasteiger partial charge in [-0.25, -0.2) is 0 Å². The highest BCUT2D eigenvalue weighted by Crippen LogP contribution is 2.33. The van der Waals surface area contributed by atoms with Gasteiger partial charge in [0.15, 0.2) is 0 Å². The third-order valence-corrected chi connectivity index (χ3v) is 2.51. The monoisotopic (exact) mass is 147 g/mol. The van der Waals surface area contributed by atoms with E-state index in [0.717, 1.165) is 5.92 Å². The minimum absolute atomic E-state index is 0.809. The van der Waals surface area contributed by atoms with Crippen LogP contribution in [0.5, 0.6) is 0 Å². The van der Waals surface area contributed by atoms with Gasteiger partial charge >= 0.3 is 0 Å². The van der Waals surface area contributed by atoms with Crippen molar-refractivity contribution in [1.82, 2.24) is 4.98 Å². The van der Waals surface area contributed by atoms with Crippen LogP contribution in [0.1, 0.15) is 37.2 Å². The quantitative estimate of drug-likeness (QED) is 0.595. The summed E-state index contributed by atoms with van der Waals surface area (Å²) in [6.45, 7) is 0. The second-order valence-corrected chi connectivity index (χ2v) is 3.27. The van der Waals surface area contributed by atoms with E-state index in [1.807, 2.05) is 18.5 Å². The third-order valence-electron chi connectivity index (χ3n) is 2.51. The van der Waals surface area contributed by atoms with Crippen molar-refractivity contribution in [3.05, 3.63) is 30.1 Å². The van der Waals surface area contributed by atoms with Gasteiger partial charge in [-0.2, -0.15) is 0 Å². The third kappa shape index (κ3) is 1.42. The number of rotatable bonds is 1. The van der Waals surface area contributed by atoms with Gasteiger partial charge in [0.2, 0.25) is 0 Å². The molecule has 1 aromatic heterocycles. The topological polar surface area (TPSA) is 12.9 Å². The molecular weight excluding hydrogens is 134 g/mol. The largest absolute Gasteiger partial charge is 0.264 e. The van der Waals surface area contributed by atoms with Gasteiger partial charge in [0, 0.05) is 12.4 Å². The Balaban J connectivity index is 2.16. The Kier molecular flexibility index (Phi) is 1.89. The van der Waals surface area contributed by atoms with Crippen molar-refractivity contribution in [2.24, 2.45) is 0 Å². The molecule has 0 atom stereocenters. The van der Waals surface area contributed by atoms with Crippen molar-refractivity contribution in [3.8, 4) is 0 Å². The highest BCUT2D eigenvalue weighted by Gasteiger charge is 2.16. The predicted octanol–water partition coefficient (Wildman–Crippen LogP) is 2.74. The Morgan fingerprint density at radius 3 is 2.73 bits per heavy atom. The Labute approximate surface area is 67.5 Å². The van der Waals surface area contributed by atoms with Gasteiger partial charge in [0.1, 0.15) is 0 Å². The average Bonchev–Trinajstić information content (AvgIpc) is 2.58. The molecule has 0 unspecified atom stereocenters. The minimum Gasteiger partial charge on any atom is -0.264 e. The van der Waals surface area contributed by atoms with E-state index in [9.17, 15) is 0 Å². The fourth-order valence-electron chi connectivity index (χ4n) is 1.88. The Morgan fingerprint density at radius 1 is 1.27 bits per heavy atom. The first-order chi connectivity index (χ1) is 5.47. The molecule has 0 spiro atoms. The maximum Gasteiger partial charge on any atom is 0.0302 e. The van der Waals surface area contributed by atoms with Crippen LogP contribution in [0.2, 0.25) is 0 Å². The molecule has 0 aliphatic heterocycles. The van der Waals surface area contributed by atoms with Gasteiger partial charge in [0.05, 0.1) is 0 Å². The first-order valence-electron chi connectivity index (χ1n) is 4.37. The second-order valence-electron chi connectivity index (χ2n) is 3.27. The number of aromatic nitrogens is 1. The van der Waals surface area contributed by atoms with Gasteiger partial charge in [-0.1, -0.05) is 18.9 Å². The van der Waals surface area contributed by atoms with Crippen LogP contribution in [-0.4, -0.2) is 4.98 Å². The Hall–Kier alpha value is -0.850. The van der Waals surface area contributed by atoms with Crippen LogP contribution in [0.4, 0.5) is 0 Å². The number of hydrogen-bond donors (Lipinski definition) is 0. The molecule has 1 aliphatic carbocycles. The molecule has 0 N–H and O–H groups in total. The molecule has 1 heterocycles. The normalized spacial score (nSPS) is 18.9. The summed E-state index contributed by atoms with van der Waals surface area (Å²) in [6, 6.07) is 4.23. The molecule has 0 radical (unpaired) electrons. The average molecular weight is 147 g/mol. The van der Waals surface area contributed by atoms with Gasteiger partial charge in [-0.05, 0) is 30.4 Å². The first-order valence-corrected chi connectivity index (χ1v) is 4.37. The van der Waals surface area contributed by atoms with E-state index in [1.54, 1.807) is 0 Å². The zero-order chi connectivity index (χ0) is 7.52. The lowest BCUT2D eigenvalue weighted by atomic mass is 10.00. The van der Waals surface area contributed by atoms with Crippen LogP contribution < -0.4 is 0 Å². The molecule has 1 heteroatoms. The van der Waals surface area contributed by atoms with Crippen LogP contribution in [0, 0.1) is 0 Å². The molecule has 1 aliphatic rings. The molecule has 0 amide bonds. The Bertz CT molecular complexity index is 212. The van der Waals surface area contributed by atoms with Crippen LogP contribution in [-0.2, 0) is 0 Å². The molecule has 11 heavy (non-hydrogen) atoms. The number of hydrogen-bond acceptors (Lipinski definition) is 1. The molecule has 1 fully saturated rings. The van der Waals surface area contributed by atoms with Gasteiger partial charge in [-0.3, -0.25) is 4.98 Å². The lowest BCUT2D eigenvalue weighted by molar-refractivity contribution is 0.719. The van der Waals surface area contributed by atoms with Crippen molar-refractivity contribution in [2.75, 3.05) is 0 Å². The summed E-state index contributed by atoms with van der Waals surface area (Å²) in [5.41, 5.74) is 1.44. The summed E-state index contributed by atoms with van der Waals surface area (Å²) in [6.07, 6.45) is 9.39. The number of nitrogens with zero attached hydrogens (tertiary/aromatic N) is 1. The minimum atomic E-state index is 0.809. The van der Waals surface area contributed by atoms with E-state index in [1.165, 1.54) is 31.2 Å². The summed E-state index contributed by atoms with van der Waals surface area (Å²) in [7, 11) is 0. The van der Waals surface area contributed by atoms with E-state index in [0.29, 0.717) is 0 Å². The lowest BCUT2D eigenvalue weighted by Crippen LogP contribution is -1.91. The van der Waals surface area contributed by atoms with Crippen molar-refractivity contribution in [2.45, 2.75) is 31.6 Å². The molecule has 1 saturated carbocycles. The highest BCUT2D eigenvalue weighted by molar-refractivity contribution is 5.15. The lowest BCUT2D eigenvalue weighted by Gasteiger charge is -2.06. The van der Waals surface area contributed by atoms with Crippen LogP contribution in [0.25, 0.3) is 0 Å². The zero-order valence-corrected chi connectivity index (χ0v) is 6.66. The van der Waals surface area contributed by atoms with Crippen molar-refractivity contribution < 1.29 is 0 Å². The summed E-state index contributed by atoms with van der Waals surface area (Å²) < 4.78 is 0. The Morgan fingerprint density at radius 2 is 2.09 bits per heavy atom. The SMILES string of the molecule is c1cncc(C2CCCC2)c1. The second kappa shape index (κ2) is 3.04. The highest BCUT2D eigenvalue weighted by atomic mass is 14.6. The maximum absolute atomic E-state index is 4.13. The molecule has 2 rings (SSSR count). The smallest absolute Gasteiger partial charge is 0.0302 e. The standard InChI is InChI=1S/C10H13N/c1-2-5-9(4-1)10-6-3-7-11-8-10/h3,6-9H,1-2,4-5H2. The molecule has 58 valence electrons. The van der Waals surface area contributed by atoms with Crippen LogP contribution in [0.15, 0.2) is 24.5 Å². The van der Waals surface area contributed by atoms with Crippen LogP contribution in [0.3, 0.4) is 0 Å². The fraction of sp³-hybridized carbons (Fsp3) is 0.500. The molecule has 1 aromatic rings. The van der Waals surface area contributed by atoms with Gasteiger partial charge in [-0.15, -0.1) is 0 Å². The molecule has 0 aromatic carbocycles. The van der Waals surface area contributed by atoms with Gasteiger partial charge < -0.3 is 0 Å².